The van der Waals surface area contributed by atoms with Gasteiger partial charge in [-0.2, -0.15) is 0 Å². The molecule has 1 N–H and O–H groups in total. The average molecular weight is 298 g/mol. The third-order valence-electron chi connectivity index (χ3n) is 2.42. The Morgan fingerprint density at radius 3 is 2.53 bits per heavy atom. The van der Waals surface area contributed by atoms with Crippen molar-refractivity contribution in [3.8, 4) is 0 Å². The second-order valence-electron chi connectivity index (χ2n) is 4.46. The van der Waals surface area contributed by atoms with E-state index in [1.54, 1.807) is 0 Å². The molecule has 0 aliphatic rings. The predicted molar refractivity (Wildman–Crippen MR) is 86.6 cm³/mol. The van der Waals surface area contributed by atoms with Gasteiger partial charge in [-0.05, 0) is 19.7 Å². The van der Waals surface area contributed by atoms with Crippen LogP contribution in [-0.2, 0) is 11.2 Å². The van der Waals surface area contributed by atoms with Crippen molar-refractivity contribution < 1.29 is 4.79 Å². The molecule has 0 aromatic heterocycles. The molecule has 0 radical (unpaired) electrons. The summed E-state index contributed by atoms with van der Waals surface area (Å²) in [5.74, 6) is 2.18. The van der Waals surface area contributed by atoms with Gasteiger partial charge >= 0.3 is 0 Å². The van der Waals surface area contributed by atoms with Crippen LogP contribution in [-0.4, -0.2) is 49.5 Å². The molecule has 0 spiro atoms. The van der Waals surface area contributed by atoms with Crippen molar-refractivity contribution in [1.29, 1.82) is 0 Å². The smallest absolute Gasteiger partial charge is 0.224 e. The van der Waals surface area contributed by atoms with Gasteiger partial charge < -0.3 is 10.2 Å². The van der Waals surface area contributed by atoms with E-state index in [1.165, 1.54) is 0 Å². The number of hydrogen-bond acceptors (Lipinski definition) is 4. The maximum Gasteiger partial charge on any atom is 0.224 e. The number of rotatable bonds is 9. The van der Waals surface area contributed by atoms with Gasteiger partial charge in [-0.15, -0.1) is 0 Å². The fourth-order valence-corrected chi connectivity index (χ4v) is 3.46. The molecule has 106 valence electrons. The summed E-state index contributed by atoms with van der Waals surface area (Å²) in [6, 6.07) is 9.83. The minimum Gasteiger partial charge on any atom is -0.355 e. The molecule has 1 aromatic rings. The summed E-state index contributed by atoms with van der Waals surface area (Å²) in [5, 5.41) is 2.95. The number of benzene rings is 1. The van der Waals surface area contributed by atoms with E-state index in [4.69, 9.17) is 0 Å². The summed E-state index contributed by atoms with van der Waals surface area (Å²) in [5.41, 5.74) is 1.06. The Labute approximate surface area is 123 Å². The highest BCUT2D eigenvalue weighted by Crippen LogP contribution is 2.19. The topological polar surface area (TPSA) is 32.3 Å². The van der Waals surface area contributed by atoms with Gasteiger partial charge in [0, 0.05) is 24.6 Å². The molecule has 0 unspecified atom stereocenters. The van der Waals surface area contributed by atoms with Crippen LogP contribution in [0.15, 0.2) is 30.3 Å². The molecule has 0 aliphatic carbocycles. The van der Waals surface area contributed by atoms with Gasteiger partial charge in [0.25, 0.3) is 0 Å². The monoisotopic (exact) mass is 298 g/mol. The zero-order chi connectivity index (χ0) is 13.9. The third-order valence-corrected chi connectivity index (χ3v) is 4.81. The number of carbonyl (C=O) groups is 1. The largest absolute Gasteiger partial charge is 0.355 e. The van der Waals surface area contributed by atoms with Gasteiger partial charge in [-0.1, -0.05) is 51.9 Å². The van der Waals surface area contributed by atoms with Gasteiger partial charge in [-0.25, -0.2) is 0 Å². The first-order chi connectivity index (χ1) is 9.18. The van der Waals surface area contributed by atoms with Crippen molar-refractivity contribution >= 4 is 27.5 Å². The molecule has 0 saturated carbocycles. The summed E-state index contributed by atoms with van der Waals surface area (Å²) in [7, 11) is 7.84. The van der Waals surface area contributed by atoms with Crippen molar-refractivity contribution in [1.82, 2.24) is 10.2 Å². The highest BCUT2D eigenvalue weighted by Gasteiger charge is 2.01. The fraction of sp³-hybridized carbons (Fsp3) is 0.500. The van der Waals surface area contributed by atoms with Gasteiger partial charge in [0.1, 0.15) is 0 Å². The van der Waals surface area contributed by atoms with E-state index in [0.29, 0.717) is 6.42 Å². The van der Waals surface area contributed by atoms with E-state index in [9.17, 15) is 4.79 Å². The number of hydrogen-bond donors (Lipinski definition) is 1. The van der Waals surface area contributed by atoms with E-state index < -0.39 is 0 Å². The Bertz CT molecular complexity index is 358. The van der Waals surface area contributed by atoms with Gasteiger partial charge in [0.15, 0.2) is 0 Å². The summed E-state index contributed by atoms with van der Waals surface area (Å²) >= 11 is 0. The predicted octanol–water partition coefficient (Wildman–Crippen LogP) is 2.29. The average Bonchev–Trinajstić information content (AvgIpc) is 2.38. The third kappa shape index (κ3) is 8.97. The number of carbonyl (C=O) groups excluding carboxylic acids is 1. The van der Waals surface area contributed by atoms with Gasteiger partial charge in [-0.3, -0.25) is 4.79 Å². The van der Waals surface area contributed by atoms with Crippen LogP contribution in [0.25, 0.3) is 0 Å². The molecule has 0 atom stereocenters. The van der Waals surface area contributed by atoms with Crippen LogP contribution in [0.5, 0.6) is 0 Å². The lowest BCUT2D eigenvalue weighted by molar-refractivity contribution is -0.120. The SMILES string of the molecule is CN(C)CCSSCCNC(=O)Cc1ccccc1. The van der Waals surface area contributed by atoms with Crippen molar-refractivity contribution in [2.75, 3.05) is 38.7 Å². The second kappa shape index (κ2) is 10.2. The van der Waals surface area contributed by atoms with E-state index in [-0.39, 0.29) is 5.91 Å². The van der Waals surface area contributed by atoms with E-state index in [2.05, 4.69) is 24.3 Å². The molecule has 5 heteroatoms. The van der Waals surface area contributed by atoms with Crippen molar-refractivity contribution in [3.63, 3.8) is 0 Å². The molecule has 0 aliphatic heterocycles. The number of amides is 1. The summed E-state index contributed by atoms with van der Waals surface area (Å²) < 4.78 is 0. The molecular weight excluding hydrogens is 276 g/mol. The standard InChI is InChI=1S/C14H22N2OS2/c1-16(2)9-11-19-18-10-8-15-14(17)12-13-6-4-3-5-7-13/h3-7H,8-12H2,1-2H3,(H,15,17). The van der Waals surface area contributed by atoms with Crippen LogP contribution >= 0.6 is 21.6 Å². The van der Waals surface area contributed by atoms with E-state index in [1.807, 2.05) is 51.9 Å². The van der Waals surface area contributed by atoms with Crippen LogP contribution < -0.4 is 5.32 Å². The molecular formula is C14H22N2OS2. The van der Waals surface area contributed by atoms with Gasteiger partial charge in [0.05, 0.1) is 6.42 Å². The first-order valence-corrected chi connectivity index (χ1v) is 8.87. The lowest BCUT2D eigenvalue weighted by atomic mass is 10.1. The maximum atomic E-state index is 11.7. The van der Waals surface area contributed by atoms with Crippen LogP contribution in [0.2, 0.25) is 0 Å². The van der Waals surface area contributed by atoms with Crippen molar-refractivity contribution in [3.05, 3.63) is 35.9 Å². The second-order valence-corrected chi connectivity index (χ2v) is 7.16. The lowest BCUT2D eigenvalue weighted by Gasteiger charge is -2.08. The first kappa shape index (κ1) is 16.4. The Balaban J connectivity index is 1.99. The number of nitrogens with zero attached hydrogens (tertiary/aromatic N) is 1. The molecule has 0 saturated heterocycles. The highest BCUT2D eigenvalue weighted by atomic mass is 33.1. The zero-order valence-electron chi connectivity index (χ0n) is 11.6. The minimum absolute atomic E-state index is 0.102. The molecule has 3 nitrogen and oxygen atoms in total. The molecule has 0 bridgehead atoms. The Kier molecular flexibility index (Phi) is 8.79. The van der Waals surface area contributed by atoms with Crippen molar-refractivity contribution in [2.24, 2.45) is 0 Å². The van der Waals surface area contributed by atoms with E-state index >= 15 is 0 Å². The van der Waals surface area contributed by atoms with Crippen molar-refractivity contribution in [2.45, 2.75) is 6.42 Å². The molecule has 1 aromatic carbocycles. The maximum absolute atomic E-state index is 11.7. The van der Waals surface area contributed by atoms with E-state index in [0.717, 1.165) is 30.2 Å². The molecule has 1 amide bonds. The van der Waals surface area contributed by atoms with Gasteiger partial charge in [0.2, 0.25) is 5.91 Å². The summed E-state index contributed by atoms with van der Waals surface area (Å²) in [6.07, 6.45) is 0.472. The number of nitrogens with one attached hydrogen (secondary N) is 1. The Hall–Kier alpha value is -0.650. The fourth-order valence-electron chi connectivity index (χ4n) is 1.41. The quantitative estimate of drug-likeness (QED) is 0.560. The zero-order valence-corrected chi connectivity index (χ0v) is 13.2. The van der Waals surface area contributed by atoms with Crippen LogP contribution in [0.1, 0.15) is 5.56 Å². The molecule has 0 fully saturated rings. The molecule has 1 rings (SSSR count). The summed E-state index contributed by atoms with van der Waals surface area (Å²) in [6.45, 7) is 1.84. The Morgan fingerprint density at radius 1 is 1.16 bits per heavy atom. The highest BCUT2D eigenvalue weighted by molar-refractivity contribution is 8.76. The molecule has 19 heavy (non-hydrogen) atoms. The molecule has 0 heterocycles. The lowest BCUT2D eigenvalue weighted by Crippen LogP contribution is -2.27. The first-order valence-electron chi connectivity index (χ1n) is 6.38. The normalized spacial score (nSPS) is 10.7. The summed E-state index contributed by atoms with van der Waals surface area (Å²) in [4.78, 5) is 13.8. The van der Waals surface area contributed by atoms with Crippen LogP contribution in [0.4, 0.5) is 0 Å². The minimum atomic E-state index is 0.102. The Morgan fingerprint density at radius 2 is 1.84 bits per heavy atom. The van der Waals surface area contributed by atoms with Crippen LogP contribution in [0, 0.1) is 0 Å². The van der Waals surface area contributed by atoms with Crippen LogP contribution in [0.3, 0.4) is 0 Å².